The van der Waals surface area contributed by atoms with E-state index in [1.165, 1.54) is 62.6 Å². The molecule has 1 aromatic heterocycles. The predicted octanol–water partition coefficient (Wildman–Crippen LogP) is 9.14. The fourth-order valence-electron chi connectivity index (χ4n) is 6.69. The second-order valence-corrected chi connectivity index (χ2v) is 10.9. The molecule has 1 heterocycles. The molecule has 1 heteroatoms. The molecular weight excluding hydrogens is 410 g/mol. The van der Waals surface area contributed by atoms with E-state index in [2.05, 4.69) is 123 Å². The first-order valence-electron chi connectivity index (χ1n) is 12.7. The van der Waals surface area contributed by atoms with Gasteiger partial charge in [-0.15, -0.1) is 0 Å². The summed E-state index contributed by atoms with van der Waals surface area (Å²) >= 11 is 0. The second-order valence-electron chi connectivity index (χ2n) is 10.9. The first-order valence-corrected chi connectivity index (χ1v) is 12.7. The summed E-state index contributed by atoms with van der Waals surface area (Å²) in [5, 5.41) is 2.70. The van der Waals surface area contributed by atoms with Crippen LogP contribution in [-0.4, -0.2) is 4.57 Å². The van der Waals surface area contributed by atoms with E-state index in [0.717, 1.165) is 0 Å². The highest BCUT2D eigenvalue weighted by atomic mass is 15.0. The molecule has 0 radical (unpaired) electrons. The van der Waals surface area contributed by atoms with Gasteiger partial charge < -0.3 is 4.57 Å². The van der Waals surface area contributed by atoms with Crippen LogP contribution >= 0.6 is 0 Å². The van der Waals surface area contributed by atoms with Crippen LogP contribution in [0.15, 0.2) is 91.0 Å². The van der Waals surface area contributed by atoms with Gasteiger partial charge in [0.2, 0.25) is 0 Å². The number of hydrogen-bond acceptors (Lipinski definition) is 0. The third kappa shape index (κ3) is 3.06. The minimum absolute atomic E-state index is 0.0679. The Kier molecular flexibility index (Phi) is 4.92. The minimum atomic E-state index is 0.0679. The number of para-hydroxylation sites is 2. The molecule has 0 spiro atoms. The van der Waals surface area contributed by atoms with Crippen molar-refractivity contribution in [3.63, 3.8) is 0 Å². The molecule has 0 fully saturated rings. The third-order valence-electron chi connectivity index (χ3n) is 7.59. The van der Waals surface area contributed by atoms with Crippen molar-refractivity contribution in [1.82, 2.24) is 4.57 Å². The van der Waals surface area contributed by atoms with E-state index in [4.69, 9.17) is 0 Å². The number of rotatable bonds is 5. The zero-order valence-corrected chi connectivity index (χ0v) is 20.7. The summed E-state index contributed by atoms with van der Waals surface area (Å²) < 4.78 is 2.44. The first-order chi connectivity index (χ1) is 16.5. The minimum Gasteiger partial charge on any atom is -0.309 e. The fraction of sp³-hybridized carbons (Fsp3) is 0.273. The normalized spacial score (nSPS) is 14.3. The first kappa shape index (κ1) is 21.2. The van der Waals surface area contributed by atoms with Crippen molar-refractivity contribution in [2.75, 3.05) is 0 Å². The van der Waals surface area contributed by atoms with Crippen LogP contribution < -0.4 is 0 Å². The van der Waals surface area contributed by atoms with Crippen molar-refractivity contribution in [3.05, 3.63) is 102 Å². The Morgan fingerprint density at radius 1 is 0.588 bits per heavy atom. The predicted molar refractivity (Wildman–Crippen MR) is 146 cm³/mol. The van der Waals surface area contributed by atoms with Gasteiger partial charge in [0.1, 0.15) is 0 Å². The molecule has 1 nitrogen and oxygen atoms in total. The highest BCUT2D eigenvalue weighted by Crippen LogP contribution is 2.56. The Balaban J connectivity index is 1.74. The summed E-state index contributed by atoms with van der Waals surface area (Å²) in [6.07, 6.45) is 2.36. The molecule has 4 aromatic carbocycles. The van der Waals surface area contributed by atoms with Gasteiger partial charge in [0.15, 0.2) is 0 Å². The Hall–Kier alpha value is -3.32. The van der Waals surface area contributed by atoms with Crippen LogP contribution in [0.4, 0.5) is 0 Å². The smallest absolute Gasteiger partial charge is 0.0547 e. The highest BCUT2D eigenvalue weighted by Gasteiger charge is 2.44. The lowest BCUT2D eigenvalue weighted by Gasteiger charge is -2.35. The van der Waals surface area contributed by atoms with Gasteiger partial charge in [-0.05, 0) is 77.3 Å². The summed E-state index contributed by atoms with van der Waals surface area (Å²) in [6.45, 7) is 9.51. The van der Waals surface area contributed by atoms with Crippen LogP contribution in [-0.2, 0) is 5.41 Å². The number of fused-ring (bicyclic) bond motifs is 6. The molecule has 6 rings (SSSR count). The Morgan fingerprint density at radius 3 is 1.97 bits per heavy atom. The van der Waals surface area contributed by atoms with Crippen LogP contribution in [0, 0.1) is 11.8 Å². The van der Waals surface area contributed by atoms with Gasteiger partial charge in [0, 0.05) is 21.9 Å². The van der Waals surface area contributed by atoms with E-state index in [0.29, 0.717) is 11.8 Å². The van der Waals surface area contributed by atoms with Gasteiger partial charge in [-0.2, -0.15) is 0 Å². The zero-order chi connectivity index (χ0) is 23.4. The maximum Gasteiger partial charge on any atom is 0.0547 e. The largest absolute Gasteiger partial charge is 0.309 e. The monoisotopic (exact) mass is 443 g/mol. The molecule has 0 aliphatic heterocycles. The van der Waals surface area contributed by atoms with Crippen LogP contribution in [0.5, 0.6) is 0 Å². The Bertz CT molecular complexity index is 1490. The summed E-state index contributed by atoms with van der Waals surface area (Å²) in [5.41, 5.74) is 9.75. The topological polar surface area (TPSA) is 4.93 Å². The summed E-state index contributed by atoms with van der Waals surface area (Å²) in [5.74, 6) is 1.25. The molecule has 5 aromatic rings. The molecule has 0 unspecified atom stereocenters. The van der Waals surface area contributed by atoms with Gasteiger partial charge >= 0.3 is 0 Å². The summed E-state index contributed by atoms with van der Waals surface area (Å²) in [7, 11) is 0. The number of benzene rings is 4. The molecule has 170 valence electrons. The summed E-state index contributed by atoms with van der Waals surface area (Å²) in [6, 6.07) is 33.9. The van der Waals surface area contributed by atoms with E-state index in [9.17, 15) is 0 Å². The van der Waals surface area contributed by atoms with E-state index in [1.54, 1.807) is 0 Å². The van der Waals surface area contributed by atoms with E-state index < -0.39 is 0 Å². The maximum atomic E-state index is 2.55. The molecule has 1 aliphatic carbocycles. The standard InChI is InChI=1S/C33H33N/c1-22(2)20-33(21-23(3)4)29-16-10-8-14-25(29)27-19-32-28(18-30(27)33)26-15-9-11-17-31(26)34(32)24-12-6-5-7-13-24/h5-19,22-23H,20-21H2,1-4H3. The average molecular weight is 444 g/mol. The Labute approximate surface area is 203 Å². The molecule has 34 heavy (non-hydrogen) atoms. The maximum absolute atomic E-state index is 2.55. The lowest BCUT2D eigenvalue weighted by Crippen LogP contribution is -2.29. The van der Waals surface area contributed by atoms with Crippen molar-refractivity contribution in [2.45, 2.75) is 46.0 Å². The molecule has 0 saturated heterocycles. The van der Waals surface area contributed by atoms with Crippen molar-refractivity contribution >= 4 is 21.8 Å². The second kappa shape index (κ2) is 7.87. The zero-order valence-electron chi connectivity index (χ0n) is 20.7. The van der Waals surface area contributed by atoms with Gasteiger partial charge in [0.25, 0.3) is 0 Å². The molecule has 0 bridgehead atoms. The molecule has 1 aliphatic rings. The van der Waals surface area contributed by atoms with Crippen LogP contribution in [0.3, 0.4) is 0 Å². The van der Waals surface area contributed by atoms with Gasteiger partial charge in [-0.3, -0.25) is 0 Å². The van der Waals surface area contributed by atoms with E-state index in [-0.39, 0.29) is 5.41 Å². The van der Waals surface area contributed by atoms with Gasteiger partial charge in [-0.25, -0.2) is 0 Å². The number of aromatic nitrogens is 1. The van der Waals surface area contributed by atoms with E-state index in [1.807, 2.05) is 0 Å². The molecule has 0 N–H and O–H groups in total. The molecule has 0 atom stereocenters. The van der Waals surface area contributed by atoms with Gasteiger partial charge in [0.05, 0.1) is 11.0 Å². The SMILES string of the molecule is CC(C)CC1(CC(C)C)c2ccccc2-c2cc3c(cc21)c1ccccc1n3-c1ccccc1. The quantitative estimate of drug-likeness (QED) is 0.255. The van der Waals surface area contributed by atoms with Crippen LogP contribution in [0.1, 0.15) is 51.7 Å². The van der Waals surface area contributed by atoms with Gasteiger partial charge in [-0.1, -0.05) is 88.4 Å². The summed E-state index contributed by atoms with van der Waals surface area (Å²) in [4.78, 5) is 0. The lowest BCUT2D eigenvalue weighted by atomic mass is 9.68. The number of hydrogen-bond donors (Lipinski definition) is 0. The fourth-order valence-corrected chi connectivity index (χ4v) is 6.69. The van der Waals surface area contributed by atoms with Crippen molar-refractivity contribution in [1.29, 1.82) is 0 Å². The lowest BCUT2D eigenvalue weighted by molar-refractivity contribution is 0.337. The molecule has 0 saturated carbocycles. The average Bonchev–Trinajstić information content (AvgIpc) is 3.28. The molecule has 0 amide bonds. The van der Waals surface area contributed by atoms with Crippen LogP contribution in [0.25, 0.3) is 38.6 Å². The van der Waals surface area contributed by atoms with Crippen molar-refractivity contribution in [3.8, 4) is 16.8 Å². The number of nitrogens with zero attached hydrogens (tertiary/aromatic N) is 1. The van der Waals surface area contributed by atoms with Crippen LogP contribution in [0.2, 0.25) is 0 Å². The third-order valence-corrected chi connectivity index (χ3v) is 7.59. The highest BCUT2D eigenvalue weighted by molar-refractivity contribution is 6.11. The van der Waals surface area contributed by atoms with E-state index >= 15 is 0 Å². The Morgan fingerprint density at radius 2 is 1.24 bits per heavy atom. The van der Waals surface area contributed by atoms with Crippen molar-refractivity contribution in [2.24, 2.45) is 11.8 Å². The molecular formula is C33H33N. The van der Waals surface area contributed by atoms with Crippen molar-refractivity contribution < 1.29 is 0 Å².